The van der Waals surface area contributed by atoms with Crippen LogP contribution in [0.25, 0.3) is 22.5 Å². The van der Waals surface area contributed by atoms with Crippen molar-refractivity contribution in [3.63, 3.8) is 0 Å². The fraction of sp³-hybridized carbons (Fsp3) is 0.261. The van der Waals surface area contributed by atoms with E-state index in [1.807, 2.05) is 49.7 Å². The highest BCUT2D eigenvalue weighted by atomic mass is 19.1. The minimum Gasteiger partial charge on any atom is -0.379 e. The van der Waals surface area contributed by atoms with Gasteiger partial charge in [0.1, 0.15) is 29.1 Å². The zero-order valence-corrected chi connectivity index (χ0v) is 17.2. The van der Waals surface area contributed by atoms with Crippen molar-refractivity contribution in [1.29, 1.82) is 0 Å². The number of nitrogens with zero attached hydrogens (tertiary/aromatic N) is 3. The first-order valence-corrected chi connectivity index (χ1v) is 9.84. The fourth-order valence-electron chi connectivity index (χ4n) is 4.62. The maximum atomic E-state index is 15.1. The number of pyridine rings is 1. The monoisotopic (exact) mass is 409 g/mol. The van der Waals surface area contributed by atoms with Crippen LogP contribution in [0.4, 0.5) is 8.78 Å². The first kappa shape index (κ1) is 18.7. The lowest BCUT2D eigenvalue weighted by Gasteiger charge is -2.31. The third-order valence-corrected chi connectivity index (χ3v) is 6.39. The molecular weight excluding hydrogens is 388 g/mol. The van der Waals surface area contributed by atoms with Crippen molar-refractivity contribution in [3.05, 3.63) is 81.6 Å². The van der Waals surface area contributed by atoms with Crippen molar-refractivity contribution in [2.24, 2.45) is 7.05 Å². The number of benzene rings is 1. The molecule has 3 aromatic heterocycles. The molecule has 152 valence electrons. The predicted molar refractivity (Wildman–Crippen MR) is 106 cm³/mol. The van der Waals surface area contributed by atoms with Gasteiger partial charge in [0.15, 0.2) is 11.7 Å². The van der Waals surface area contributed by atoms with Crippen LogP contribution in [0.15, 0.2) is 51.9 Å². The highest BCUT2D eigenvalue weighted by Gasteiger charge is 2.49. The molecule has 1 atom stereocenters. The summed E-state index contributed by atoms with van der Waals surface area (Å²) in [5, 5.41) is 0. The van der Waals surface area contributed by atoms with Crippen molar-refractivity contribution < 1.29 is 22.3 Å². The maximum absolute atomic E-state index is 15.1. The number of halogens is 2. The number of hydrogen-bond acceptors (Lipinski definition) is 2. The fourth-order valence-corrected chi connectivity index (χ4v) is 4.62. The first-order chi connectivity index (χ1) is 14.3. The summed E-state index contributed by atoms with van der Waals surface area (Å²) in [6, 6.07) is 7.74. The number of rotatable bonds is 1. The summed E-state index contributed by atoms with van der Waals surface area (Å²) in [4.78, 5) is 12.7. The van der Waals surface area contributed by atoms with E-state index in [9.17, 15) is 9.18 Å². The molecule has 0 spiro atoms. The molecule has 0 N–H and O–H groups in total. The Labute approximate surface area is 171 Å². The van der Waals surface area contributed by atoms with E-state index in [1.54, 1.807) is 22.2 Å². The van der Waals surface area contributed by atoms with Crippen LogP contribution in [0, 0.1) is 18.6 Å². The lowest BCUT2D eigenvalue weighted by Crippen LogP contribution is -2.59. The van der Waals surface area contributed by atoms with Crippen molar-refractivity contribution in [2.45, 2.75) is 32.7 Å². The summed E-state index contributed by atoms with van der Waals surface area (Å²) >= 11 is 0. The van der Waals surface area contributed by atoms with Crippen molar-refractivity contribution in [2.75, 3.05) is 0 Å². The Morgan fingerprint density at radius 2 is 2.00 bits per heavy atom. The van der Waals surface area contributed by atoms with Crippen LogP contribution >= 0.6 is 0 Å². The molecule has 4 heterocycles. The van der Waals surface area contributed by atoms with E-state index < -0.39 is 22.8 Å². The molecule has 30 heavy (non-hydrogen) atoms. The molecular formula is C23H21F2N3O2+2. The van der Waals surface area contributed by atoms with Gasteiger partial charge in [0, 0.05) is 44.0 Å². The molecule has 0 saturated heterocycles. The molecule has 5 nitrogen and oxygen atoms in total. The summed E-state index contributed by atoms with van der Waals surface area (Å²) < 4.78 is 40.6. The van der Waals surface area contributed by atoms with Gasteiger partial charge in [-0.15, -0.1) is 0 Å². The molecule has 0 radical (unpaired) electrons. The minimum absolute atomic E-state index is 0.288. The molecule has 4 aromatic rings. The highest BCUT2D eigenvalue weighted by Crippen LogP contribution is 2.42. The highest BCUT2D eigenvalue weighted by molar-refractivity contribution is 5.83. The zero-order chi connectivity index (χ0) is 21.4. The van der Waals surface area contributed by atoms with Gasteiger partial charge in [0.05, 0.1) is 12.6 Å². The second-order valence-electron chi connectivity index (χ2n) is 7.99. The van der Waals surface area contributed by atoms with Crippen LogP contribution < -0.4 is 20.3 Å². The van der Waals surface area contributed by atoms with Crippen LogP contribution in [0.2, 0.25) is 0 Å². The number of fused-ring (bicyclic) bond motifs is 4. The summed E-state index contributed by atoms with van der Waals surface area (Å²) in [7, 11) is 1.78. The Morgan fingerprint density at radius 1 is 1.23 bits per heavy atom. The SMILES string of the molecule is CCC1(C)C(=c2oc(=O)c3n2cc(C)[n+]3C)c2cc(F)cc(F)c2-c2cccc[n+]21. The Kier molecular flexibility index (Phi) is 3.78. The van der Waals surface area contributed by atoms with Crippen LogP contribution in [0.5, 0.6) is 0 Å². The van der Waals surface area contributed by atoms with Gasteiger partial charge in [-0.05, 0) is 12.1 Å². The zero-order valence-electron chi connectivity index (χ0n) is 17.2. The lowest BCUT2D eigenvalue weighted by atomic mass is 9.78. The van der Waals surface area contributed by atoms with E-state index in [2.05, 4.69) is 0 Å². The number of aromatic nitrogens is 3. The van der Waals surface area contributed by atoms with Gasteiger partial charge in [-0.1, -0.05) is 6.92 Å². The Bertz CT molecular complexity index is 1470. The van der Waals surface area contributed by atoms with Gasteiger partial charge >= 0.3 is 16.8 Å². The van der Waals surface area contributed by atoms with E-state index in [0.29, 0.717) is 34.5 Å². The summed E-state index contributed by atoms with van der Waals surface area (Å²) in [6.07, 6.45) is 4.30. The smallest absolute Gasteiger partial charge is 0.379 e. The van der Waals surface area contributed by atoms with Gasteiger partial charge in [-0.3, -0.25) is 0 Å². The maximum Gasteiger partial charge on any atom is 0.430 e. The topological polar surface area (TPSA) is 42.4 Å². The standard InChI is InChI=1S/C23H21F2N3O2/c1-5-23(3)19(21-27-12-13(2)26(4)20(27)22(29)30-21)15-10-14(24)11-16(25)18(15)17-8-6-7-9-28(17)23/h6-12H,5H2,1-4H3/q+2. The molecule has 1 aliphatic rings. The molecule has 0 amide bonds. The number of oxazole rings is 1. The molecule has 0 saturated carbocycles. The predicted octanol–water partition coefficient (Wildman–Crippen LogP) is 2.31. The van der Waals surface area contributed by atoms with Gasteiger partial charge < -0.3 is 4.42 Å². The van der Waals surface area contributed by atoms with E-state index in [4.69, 9.17) is 4.42 Å². The van der Waals surface area contributed by atoms with Crippen LogP contribution in [-0.4, -0.2) is 4.40 Å². The summed E-state index contributed by atoms with van der Waals surface area (Å²) in [6.45, 7) is 5.88. The van der Waals surface area contributed by atoms with Crippen LogP contribution in [-0.2, 0) is 12.6 Å². The molecule has 5 rings (SSSR count). The number of imidazole rings is 1. The first-order valence-electron chi connectivity index (χ1n) is 9.84. The quantitative estimate of drug-likeness (QED) is 0.453. The lowest BCUT2D eigenvalue weighted by molar-refractivity contribution is -0.737. The number of hydrogen-bond donors (Lipinski definition) is 0. The third kappa shape index (κ3) is 2.23. The second-order valence-corrected chi connectivity index (χ2v) is 7.99. The Balaban J connectivity index is 2.09. The Hall–Kier alpha value is -3.35. The van der Waals surface area contributed by atoms with E-state index in [0.717, 1.165) is 11.8 Å². The van der Waals surface area contributed by atoms with Crippen LogP contribution in [0.1, 0.15) is 31.5 Å². The van der Waals surface area contributed by atoms with E-state index in [-0.39, 0.29) is 5.55 Å². The van der Waals surface area contributed by atoms with Gasteiger partial charge in [0.25, 0.3) is 0 Å². The average molecular weight is 409 g/mol. The van der Waals surface area contributed by atoms with Crippen molar-refractivity contribution in [1.82, 2.24) is 4.40 Å². The van der Waals surface area contributed by atoms with Crippen molar-refractivity contribution in [3.8, 4) is 11.3 Å². The molecule has 0 fully saturated rings. The van der Waals surface area contributed by atoms with Gasteiger partial charge in [0.2, 0.25) is 5.69 Å². The van der Waals surface area contributed by atoms with Crippen molar-refractivity contribution >= 4 is 11.2 Å². The third-order valence-electron chi connectivity index (χ3n) is 6.39. The largest absolute Gasteiger partial charge is 0.430 e. The number of aryl methyl sites for hydroxylation is 2. The second kappa shape index (κ2) is 6.08. The molecule has 1 unspecified atom stereocenters. The van der Waals surface area contributed by atoms with E-state index in [1.165, 1.54) is 6.07 Å². The summed E-state index contributed by atoms with van der Waals surface area (Å²) in [5.41, 5.74) is 2.25. The van der Waals surface area contributed by atoms with Gasteiger partial charge in [-0.2, -0.15) is 8.97 Å². The molecule has 1 aliphatic heterocycles. The van der Waals surface area contributed by atoms with E-state index >= 15 is 4.39 Å². The van der Waals surface area contributed by atoms with Gasteiger partial charge in [-0.25, -0.2) is 18.1 Å². The molecule has 7 heteroatoms. The molecule has 0 aliphatic carbocycles. The van der Waals surface area contributed by atoms with Crippen LogP contribution in [0.3, 0.4) is 0 Å². The Morgan fingerprint density at radius 3 is 2.73 bits per heavy atom. The summed E-state index contributed by atoms with van der Waals surface area (Å²) in [5.74, 6) is -1.33. The molecule has 1 aromatic carbocycles. The minimum atomic E-state index is -0.697. The normalized spacial score (nSPS) is 19.8. The molecule has 0 bridgehead atoms. The average Bonchev–Trinajstić information content (AvgIpc) is 3.18.